The van der Waals surface area contributed by atoms with Crippen molar-refractivity contribution < 1.29 is 9.53 Å². The fourth-order valence-corrected chi connectivity index (χ4v) is 1.70. The molecule has 1 heterocycles. The molecule has 0 saturated carbocycles. The molecule has 4 nitrogen and oxygen atoms in total. The quantitative estimate of drug-likeness (QED) is 0.753. The van der Waals surface area contributed by atoms with Crippen molar-refractivity contribution in [2.45, 2.75) is 19.2 Å². The van der Waals surface area contributed by atoms with Crippen LogP contribution in [0, 0.1) is 12.0 Å². The SMILES string of the molecule is CC(C#CN1C(=O)COC1c1ccccc1)N(C)C. The zero-order chi connectivity index (χ0) is 13.8. The highest BCUT2D eigenvalue weighted by molar-refractivity contribution is 5.81. The summed E-state index contributed by atoms with van der Waals surface area (Å²) in [7, 11) is 3.91. The van der Waals surface area contributed by atoms with Crippen molar-refractivity contribution in [1.82, 2.24) is 9.80 Å². The largest absolute Gasteiger partial charge is 0.343 e. The van der Waals surface area contributed by atoms with Gasteiger partial charge in [-0.05, 0) is 21.0 Å². The summed E-state index contributed by atoms with van der Waals surface area (Å²) >= 11 is 0. The molecule has 100 valence electrons. The van der Waals surface area contributed by atoms with Gasteiger partial charge in [-0.25, -0.2) is 4.90 Å². The maximum atomic E-state index is 11.8. The van der Waals surface area contributed by atoms with E-state index in [4.69, 9.17) is 4.74 Å². The van der Waals surface area contributed by atoms with E-state index < -0.39 is 6.23 Å². The van der Waals surface area contributed by atoms with Crippen LogP contribution in [0.15, 0.2) is 30.3 Å². The van der Waals surface area contributed by atoms with Gasteiger partial charge in [-0.1, -0.05) is 36.3 Å². The fourth-order valence-electron chi connectivity index (χ4n) is 1.70. The summed E-state index contributed by atoms with van der Waals surface area (Å²) in [4.78, 5) is 15.3. The van der Waals surface area contributed by atoms with E-state index in [-0.39, 0.29) is 18.6 Å². The van der Waals surface area contributed by atoms with Crippen LogP contribution in [0.2, 0.25) is 0 Å². The molecule has 0 radical (unpaired) electrons. The first-order chi connectivity index (χ1) is 9.09. The molecule has 1 aromatic rings. The van der Waals surface area contributed by atoms with Crippen LogP contribution in [0.5, 0.6) is 0 Å². The van der Waals surface area contributed by atoms with Gasteiger partial charge in [-0.3, -0.25) is 9.69 Å². The minimum atomic E-state index is -0.393. The van der Waals surface area contributed by atoms with Gasteiger partial charge in [0.15, 0.2) is 6.23 Å². The van der Waals surface area contributed by atoms with Gasteiger partial charge in [0.1, 0.15) is 6.61 Å². The number of nitrogens with zero attached hydrogens (tertiary/aromatic N) is 2. The molecule has 0 N–H and O–H groups in total. The molecule has 19 heavy (non-hydrogen) atoms. The Morgan fingerprint density at radius 1 is 1.37 bits per heavy atom. The maximum Gasteiger partial charge on any atom is 0.262 e. The Morgan fingerprint density at radius 2 is 2.05 bits per heavy atom. The predicted molar refractivity (Wildman–Crippen MR) is 72.9 cm³/mol. The highest BCUT2D eigenvalue weighted by Crippen LogP contribution is 2.26. The smallest absolute Gasteiger partial charge is 0.262 e. The van der Waals surface area contributed by atoms with Crippen LogP contribution < -0.4 is 0 Å². The van der Waals surface area contributed by atoms with Crippen LogP contribution >= 0.6 is 0 Å². The zero-order valence-electron chi connectivity index (χ0n) is 11.5. The van der Waals surface area contributed by atoms with Crippen LogP contribution in [0.25, 0.3) is 0 Å². The molecule has 2 rings (SSSR count). The summed E-state index contributed by atoms with van der Waals surface area (Å²) in [6, 6.07) is 12.7. The van der Waals surface area contributed by atoms with Crippen LogP contribution in [-0.4, -0.2) is 42.5 Å². The maximum absolute atomic E-state index is 11.8. The van der Waals surface area contributed by atoms with Crippen molar-refractivity contribution in [2.75, 3.05) is 20.7 Å². The number of benzene rings is 1. The van der Waals surface area contributed by atoms with Gasteiger partial charge in [-0.15, -0.1) is 0 Å². The lowest BCUT2D eigenvalue weighted by Gasteiger charge is -2.18. The molecule has 0 bridgehead atoms. The minimum Gasteiger partial charge on any atom is -0.343 e. The van der Waals surface area contributed by atoms with Gasteiger partial charge in [0, 0.05) is 11.6 Å². The molecule has 1 aliphatic heterocycles. The second kappa shape index (κ2) is 5.87. The number of hydrogen-bond donors (Lipinski definition) is 0. The highest BCUT2D eigenvalue weighted by atomic mass is 16.5. The monoisotopic (exact) mass is 258 g/mol. The van der Waals surface area contributed by atoms with Crippen molar-refractivity contribution in [3.63, 3.8) is 0 Å². The average molecular weight is 258 g/mol. The normalized spacial score (nSPS) is 20.3. The molecule has 1 fully saturated rings. The zero-order valence-corrected chi connectivity index (χ0v) is 11.5. The average Bonchev–Trinajstić information content (AvgIpc) is 2.78. The first-order valence-corrected chi connectivity index (χ1v) is 6.26. The molecule has 1 amide bonds. The van der Waals surface area contributed by atoms with E-state index in [9.17, 15) is 4.79 Å². The van der Waals surface area contributed by atoms with Crippen molar-refractivity contribution >= 4 is 5.91 Å². The summed E-state index contributed by atoms with van der Waals surface area (Å²) in [5.74, 6) is 2.96. The van der Waals surface area contributed by atoms with E-state index in [0.29, 0.717) is 0 Å². The van der Waals surface area contributed by atoms with Crippen LogP contribution in [0.3, 0.4) is 0 Å². The number of ether oxygens (including phenoxy) is 1. The van der Waals surface area contributed by atoms with Crippen LogP contribution in [-0.2, 0) is 9.53 Å². The van der Waals surface area contributed by atoms with Gasteiger partial charge in [0.05, 0.1) is 6.04 Å². The van der Waals surface area contributed by atoms with Crippen LogP contribution in [0.1, 0.15) is 18.7 Å². The Hall–Kier alpha value is -1.83. The lowest BCUT2D eigenvalue weighted by molar-refractivity contribution is -0.125. The number of carbonyl (C=O) groups is 1. The predicted octanol–water partition coefficient (Wildman–Crippen LogP) is 1.46. The molecule has 2 unspecified atom stereocenters. The van der Waals surface area contributed by atoms with Crippen molar-refractivity contribution in [2.24, 2.45) is 0 Å². The van der Waals surface area contributed by atoms with E-state index in [1.807, 2.05) is 56.3 Å². The Balaban J connectivity index is 2.19. The molecule has 0 aromatic heterocycles. The Kier molecular flexibility index (Phi) is 4.20. The fraction of sp³-hybridized carbons (Fsp3) is 0.400. The summed E-state index contributed by atoms with van der Waals surface area (Å²) in [5.41, 5.74) is 0.945. The number of amides is 1. The Bertz CT molecular complexity index is 502. The molecule has 1 saturated heterocycles. The molecular formula is C15H18N2O2. The summed E-state index contributed by atoms with van der Waals surface area (Å²) in [6.07, 6.45) is -0.393. The standard InChI is InChI=1S/C15H18N2O2/c1-12(16(2)3)9-10-17-14(18)11-19-15(17)13-7-5-4-6-8-13/h4-8,12,15H,11H2,1-3H3. The second-order valence-electron chi connectivity index (χ2n) is 4.73. The minimum absolute atomic E-state index is 0.0878. The Labute approximate surface area is 114 Å². The van der Waals surface area contributed by atoms with Gasteiger partial charge < -0.3 is 4.74 Å². The lowest BCUT2D eigenvalue weighted by atomic mass is 10.2. The highest BCUT2D eigenvalue weighted by Gasteiger charge is 2.32. The Morgan fingerprint density at radius 3 is 2.68 bits per heavy atom. The molecule has 2 atom stereocenters. The third-order valence-corrected chi connectivity index (χ3v) is 3.12. The van der Waals surface area contributed by atoms with Crippen molar-refractivity contribution in [3.05, 3.63) is 35.9 Å². The topological polar surface area (TPSA) is 32.8 Å². The third kappa shape index (κ3) is 3.14. The molecular weight excluding hydrogens is 240 g/mol. The lowest BCUT2D eigenvalue weighted by Crippen LogP contribution is -2.26. The van der Waals surface area contributed by atoms with E-state index in [2.05, 4.69) is 12.0 Å². The molecule has 1 aliphatic rings. The summed E-state index contributed by atoms with van der Waals surface area (Å²) < 4.78 is 5.52. The molecule has 4 heteroatoms. The van der Waals surface area contributed by atoms with E-state index in [1.165, 1.54) is 4.90 Å². The second-order valence-corrected chi connectivity index (χ2v) is 4.73. The van der Waals surface area contributed by atoms with Gasteiger partial charge >= 0.3 is 0 Å². The molecule has 1 aromatic carbocycles. The van der Waals surface area contributed by atoms with Crippen LogP contribution in [0.4, 0.5) is 0 Å². The van der Waals surface area contributed by atoms with E-state index >= 15 is 0 Å². The molecule has 0 aliphatic carbocycles. The van der Waals surface area contributed by atoms with E-state index in [1.54, 1.807) is 0 Å². The third-order valence-electron chi connectivity index (χ3n) is 3.12. The molecule has 0 spiro atoms. The number of hydrogen-bond acceptors (Lipinski definition) is 3. The van der Waals surface area contributed by atoms with E-state index in [0.717, 1.165) is 5.56 Å². The summed E-state index contributed by atoms with van der Waals surface area (Å²) in [6.45, 7) is 2.08. The van der Waals surface area contributed by atoms with Gasteiger partial charge in [0.2, 0.25) is 0 Å². The van der Waals surface area contributed by atoms with Gasteiger partial charge in [0.25, 0.3) is 5.91 Å². The first-order valence-electron chi connectivity index (χ1n) is 6.26. The first kappa shape index (κ1) is 13.6. The van der Waals surface area contributed by atoms with Crippen molar-refractivity contribution in [3.8, 4) is 12.0 Å². The van der Waals surface area contributed by atoms with Gasteiger partial charge in [-0.2, -0.15) is 0 Å². The number of rotatable bonds is 2. The summed E-state index contributed by atoms with van der Waals surface area (Å²) in [5, 5.41) is 0. The number of carbonyl (C=O) groups excluding carboxylic acids is 1. The van der Waals surface area contributed by atoms with Crippen molar-refractivity contribution in [1.29, 1.82) is 0 Å².